The van der Waals surface area contributed by atoms with E-state index in [1.54, 1.807) is 6.07 Å². The third kappa shape index (κ3) is 2.74. The highest BCUT2D eigenvalue weighted by atomic mass is 16.6. The summed E-state index contributed by atoms with van der Waals surface area (Å²) in [5.74, 6) is 0. The van der Waals surface area contributed by atoms with Crippen molar-refractivity contribution in [3.05, 3.63) is 33.9 Å². The zero-order valence-corrected chi connectivity index (χ0v) is 9.75. The Hall–Kier alpha value is -2.17. The number of nitro groups is 1. The molecule has 3 N–H and O–H groups in total. The van der Waals surface area contributed by atoms with Crippen molar-refractivity contribution >= 4 is 11.4 Å². The van der Waals surface area contributed by atoms with E-state index < -0.39 is 23.7 Å². The van der Waals surface area contributed by atoms with Crippen LogP contribution in [0.2, 0.25) is 0 Å². The van der Waals surface area contributed by atoms with Gasteiger partial charge in [0.25, 0.3) is 0 Å². The van der Waals surface area contributed by atoms with Gasteiger partial charge in [0.05, 0.1) is 23.7 Å². The summed E-state index contributed by atoms with van der Waals surface area (Å²) < 4.78 is 0. The number of aliphatic hydroxyl groups excluding tert-OH is 2. The molecule has 0 saturated heterocycles. The fourth-order valence-corrected chi connectivity index (χ4v) is 1.39. The Morgan fingerprint density at radius 1 is 1.50 bits per heavy atom. The van der Waals surface area contributed by atoms with E-state index in [2.05, 4.69) is 5.32 Å². The Morgan fingerprint density at radius 2 is 2.11 bits per heavy atom. The van der Waals surface area contributed by atoms with Crippen molar-refractivity contribution in [2.45, 2.75) is 12.5 Å². The Labute approximate surface area is 103 Å². The minimum atomic E-state index is -1.10. The van der Waals surface area contributed by atoms with Gasteiger partial charge in [-0.25, -0.2) is 0 Å². The molecule has 96 valence electrons. The van der Waals surface area contributed by atoms with Gasteiger partial charge in [0, 0.05) is 0 Å². The number of nitrogens with one attached hydrogen (secondary N) is 1. The number of benzene rings is 1. The van der Waals surface area contributed by atoms with E-state index in [9.17, 15) is 10.1 Å². The van der Waals surface area contributed by atoms with Crippen molar-refractivity contribution in [3.63, 3.8) is 0 Å². The minimum Gasteiger partial charge on any atom is -0.394 e. The molecule has 0 saturated carbocycles. The number of nitrogens with zero attached hydrogens (tertiary/aromatic N) is 2. The lowest BCUT2D eigenvalue weighted by atomic mass is 10.0. The average Bonchev–Trinajstić information content (AvgIpc) is 2.37. The molecule has 0 fully saturated rings. The van der Waals surface area contributed by atoms with Gasteiger partial charge in [0.15, 0.2) is 0 Å². The number of nitriles is 1. The summed E-state index contributed by atoms with van der Waals surface area (Å²) in [5, 5.41) is 40.8. The highest BCUT2D eigenvalue weighted by Crippen LogP contribution is 2.30. The van der Waals surface area contributed by atoms with Crippen LogP contribution < -0.4 is 5.32 Å². The lowest BCUT2D eigenvalue weighted by Gasteiger charge is -2.27. The molecule has 0 unspecified atom stereocenters. The number of nitro benzene ring substituents is 1. The van der Waals surface area contributed by atoms with E-state index in [0.29, 0.717) is 0 Å². The van der Waals surface area contributed by atoms with Gasteiger partial charge in [-0.05, 0) is 19.1 Å². The largest absolute Gasteiger partial charge is 0.394 e. The zero-order valence-electron chi connectivity index (χ0n) is 9.75. The molecule has 1 aromatic rings. The molecular weight excluding hydrogens is 238 g/mol. The number of hydrogen-bond acceptors (Lipinski definition) is 6. The zero-order chi connectivity index (χ0) is 13.8. The maximum Gasteiger partial charge on any atom is 0.309 e. The minimum absolute atomic E-state index is 0.0803. The summed E-state index contributed by atoms with van der Waals surface area (Å²) in [6.45, 7) is 0.699. The van der Waals surface area contributed by atoms with Crippen LogP contribution in [-0.4, -0.2) is 33.9 Å². The molecule has 7 nitrogen and oxygen atoms in total. The van der Waals surface area contributed by atoms with E-state index in [1.165, 1.54) is 25.1 Å². The van der Waals surface area contributed by atoms with E-state index in [1.807, 2.05) is 0 Å². The van der Waals surface area contributed by atoms with Gasteiger partial charge in [0.2, 0.25) is 0 Å². The lowest BCUT2D eigenvalue weighted by molar-refractivity contribution is -0.384. The molecular formula is C11H13N3O4. The van der Waals surface area contributed by atoms with Crippen molar-refractivity contribution in [1.29, 1.82) is 5.26 Å². The molecule has 0 radical (unpaired) electrons. The highest BCUT2D eigenvalue weighted by molar-refractivity contribution is 5.69. The SMILES string of the molecule is CC(CO)(CO)Nc1cccc(C#N)c1[N+](=O)[O-]. The summed E-state index contributed by atoms with van der Waals surface area (Å²) in [7, 11) is 0. The van der Waals surface area contributed by atoms with E-state index >= 15 is 0 Å². The first-order valence-corrected chi connectivity index (χ1v) is 5.15. The quantitative estimate of drug-likeness (QED) is 0.521. The summed E-state index contributed by atoms with van der Waals surface area (Å²) >= 11 is 0. The van der Waals surface area contributed by atoms with Crippen LogP contribution in [0.3, 0.4) is 0 Å². The first-order chi connectivity index (χ1) is 8.47. The van der Waals surface area contributed by atoms with Gasteiger partial charge in [-0.1, -0.05) is 6.07 Å². The second-order valence-corrected chi connectivity index (χ2v) is 4.07. The fraction of sp³-hybridized carbons (Fsp3) is 0.364. The Morgan fingerprint density at radius 3 is 2.56 bits per heavy atom. The fourth-order valence-electron chi connectivity index (χ4n) is 1.39. The molecule has 0 heterocycles. The van der Waals surface area contributed by atoms with Crippen molar-refractivity contribution in [1.82, 2.24) is 0 Å². The van der Waals surface area contributed by atoms with Gasteiger partial charge in [-0.15, -0.1) is 0 Å². The normalized spacial score (nSPS) is 10.8. The molecule has 0 atom stereocenters. The van der Waals surface area contributed by atoms with Gasteiger partial charge < -0.3 is 15.5 Å². The van der Waals surface area contributed by atoms with Crippen LogP contribution in [0.1, 0.15) is 12.5 Å². The summed E-state index contributed by atoms with van der Waals surface area (Å²) in [6, 6.07) is 5.97. The third-order valence-electron chi connectivity index (χ3n) is 2.47. The molecule has 0 aliphatic rings. The molecule has 0 aromatic heterocycles. The number of rotatable bonds is 5. The van der Waals surface area contributed by atoms with Crippen molar-refractivity contribution in [3.8, 4) is 6.07 Å². The predicted octanol–water partition coefficient (Wildman–Crippen LogP) is 0.622. The Kier molecular flexibility index (Phi) is 4.20. The standard InChI is InChI=1S/C11H13N3O4/c1-11(6-15,7-16)13-9-4-2-3-8(5-12)10(9)14(17)18/h2-4,13,15-16H,6-7H2,1H3. The predicted molar refractivity (Wildman–Crippen MR) is 64.0 cm³/mol. The van der Waals surface area contributed by atoms with E-state index in [4.69, 9.17) is 15.5 Å². The van der Waals surface area contributed by atoms with Gasteiger partial charge in [-0.3, -0.25) is 10.1 Å². The number of para-hydroxylation sites is 1. The molecule has 7 heteroatoms. The van der Waals surface area contributed by atoms with Crippen LogP contribution in [0.4, 0.5) is 11.4 Å². The first kappa shape index (κ1) is 13.9. The van der Waals surface area contributed by atoms with Crippen molar-refractivity contribution in [2.75, 3.05) is 18.5 Å². The second-order valence-electron chi connectivity index (χ2n) is 4.07. The van der Waals surface area contributed by atoms with E-state index in [-0.39, 0.29) is 16.9 Å². The molecule has 0 aliphatic heterocycles. The molecule has 0 amide bonds. The monoisotopic (exact) mass is 251 g/mol. The molecule has 1 aromatic carbocycles. The van der Waals surface area contributed by atoms with Crippen LogP contribution >= 0.6 is 0 Å². The maximum absolute atomic E-state index is 11.0. The highest BCUT2D eigenvalue weighted by Gasteiger charge is 2.27. The maximum atomic E-state index is 11.0. The molecule has 18 heavy (non-hydrogen) atoms. The Balaban J connectivity index is 3.26. The van der Waals surface area contributed by atoms with Gasteiger partial charge in [-0.2, -0.15) is 5.26 Å². The number of anilines is 1. The first-order valence-electron chi connectivity index (χ1n) is 5.15. The van der Waals surface area contributed by atoms with Crippen LogP contribution in [0.15, 0.2) is 18.2 Å². The Bertz CT molecular complexity index is 492. The van der Waals surface area contributed by atoms with Crippen LogP contribution in [-0.2, 0) is 0 Å². The summed E-state index contributed by atoms with van der Waals surface area (Å²) in [5.41, 5.74) is -1.46. The molecule has 0 bridgehead atoms. The van der Waals surface area contributed by atoms with Crippen LogP contribution in [0.5, 0.6) is 0 Å². The summed E-state index contributed by atoms with van der Waals surface area (Å²) in [6.07, 6.45) is 0. The van der Waals surface area contributed by atoms with E-state index in [0.717, 1.165) is 0 Å². The van der Waals surface area contributed by atoms with Crippen LogP contribution in [0.25, 0.3) is 0 Å². The van der Waals surface area contributed by atoms with Crippen molar-refractivity contribution < 1.29 is 15.1 Å². The number of aliphatic hydroxyl groups is 2. The third-order valence-corrected chi connectivity index (χ3v) is 2.47. The average molecular weight is 251 g/mol. The van der Waals surface area contributed by atoms with Crippen LogP contribution in [0, 0.1) is 21.4 Å². The van der Waals surface area contributed by atoms with Crippen molar-refractivity contribution in [2.24, 2.45) is 0 Å². The molecule has 0 aliphatic carbocycles. The molecule has 0 spiro atoms. The number of hydrogen-bond donors (Lipinski definition) is 3. The lowest BCUT2D eigenvalue weighted by Crippen LogP contribution is -2.42. The second kappa shape index (κ2) is 5.44. The smallest absolute Gasteiger partial charge is 0.309 e. The molecule has 1 rings (SSSR count). The summed E-state index contributed by atoms with van der Waals surface area (Å²) in [4.78, 5) is 10.3. The van der Waals surface area contributed by atoms with Gasteiger partial charge >= 0.3 is 5.69 Å². The topological polar surface area (TPSA) is 119 Å². The van der Waals surface area contributed by atoms with Gasteiger partial charge in [0.1, 0.15) is 17.3 Å².